The smallest absolute Gasteiger partial charge is 0.321 e. The molecule has 0 fully saturated rings. The monoisotopic (exact) mass is 210 g/mol. The third-order valence-electron chi connectivity index (χ3n) is 2.04. The van der Waals surface area contributed by atoms with Crippen molar-refractivity contribution in [2.24, 2.45) is 0 Å². The van der Waals surface area contributed by atoms with E-state index < -0.39 is 18.7 Å². The molecule has 1 aromatic carbocycles. The maximum atomic E-state index is 11.5. The van der Waals surface area contributed by atoms with Crippen molar-refractivity contribution in [3.63, 3.8) is 0 Å². The summed E-state index contributed by atoms with van der Waals surface area (Å²) < 4.78 is 10.9. The molecule has 1 aliphatic rings. The molecule has 0 unspecified atom stereocenters. The highest BCUT2D eigenvalue weighted by Gasteiger charge is 2.33. The lowest BCUT2D eigenvalue weighted by Crippen LogP contribution is -1.98. The molecule has 72 valence electrons. The fourth-order valence-electron chi connectivity index (χ4n) is 1.40. The fraction of sp³-hybridized carbons (Fsp3) is 0. The molecule has 0 spiro atoms. The maximum Gasteiger partial charge on any atom is 0.360 e. The molecule has 4 nitrogen and oxygen atoms in total. The average Bonchev–Trinajstić information content (AvgIpc) is 2.44. The zero-order valence-corrected chi connectivity index (χ0v) is 7.94. The predicted molar refractivity (Wildman–Crippen MR) is 50.8 cm³/mol. The Kier molecular flexibility index (Phi) is 1.93. The Labute approximate surface area is 80.0 Å². The summed E-state index contributed by atoms with van der Waals surface area (Å²) in [4.78, 5) is 29.2. The number of benzene rings is 1. The van der Waals surface area contributed by atoms with Gasteiger partial charge in [0.25, 0.3) is 0 Å². The molecule has 0 bridgehead atoms. The topological polar surface area (TPSA) is 74.6 Å². The van der Waals surface area contributed by atoms with E-state index in [0.717, 1.165) is 0 Å². The lowest BCUT2D eigenvalue weighted by Gasteiger charge is -2.01. The summed E-state index contributed by atoms with van der Waals surface area (Å²) in [6, 6.07) is 6.57. The molecule has 0 radical (unpaired) electrons. The molecular formula is C9H7O4P. The van der Waals surface area contributed by atoms with Gasteiger partial charge in [-0.2, -0.15) is 0 Å². The van der Waals surface area contributed by atoms with Crippen molar-refractivity contribution in [1.29, 1.82) is 0 Å². The first-order valence-corrected chi connectivity index (χ1v) is 5.53. The van der Waals surface area contributed by atoms with Gasteiger partial charge >= 0.3 is 7.60 Å². The lowest BCUT2D eigenvalue weighted by atomic mass is 10.1. The van der Waals surface area contributed by atoms with E-state index in [2.05, 4.69) is 0 Å². The molecule has 2 N–H and O–H groups in total. The van der Waals surface area contributed by atoms with Crippen LogP contribution in [0.1, 0.15) is 15.9 Å². The Balaban J connectivity index is 2.58. The molecular weight excluding hydrogens is 203 g/mol. The summed E-state index contributed by atoms with van der Waals surface area (Å²) in [5.41, 5.74) is 0.918. The van der Waals surface area contributed by atoms with E-state index in [-0.39, 0.29) is 0 Å². The van der Waals surface area contributed by atoms with Crippen LogP contribution in [0.25, 0.3) is 6.08 Å². The van der Waals surface area contributed by atoms with Crippen LogP contribution >= 0.6 is 7.60 Å². The minimum Gasteiger partial charge on any atom is -0.321 e. The number of fused-ring (bicyclic) bond motifs is 1. The van der Waals surface area contributed by atoms with Crippen LogP contribution in [0.4, 0.5) is 0 Å². The van der Waals surface area contributed by atoms with E-state index in [1.807, 2.05) is 0 Å². The number of hydrogen-bond acceptors (Lipinski definition) is 2. The summed E-state index contributed by atoms with van der Waals surface area (Å²) in [7, 11) is -4.44. The van der Waals surface area contributed by atoms with Gasteiger partial charge in [0.1, 0.15) is 5.31 Å². The van der Waals surface area contributed by atoms with Crippen LogP contribution < -0.4 is 0 Å². The summed E-state index contributed by atoms with van der Waals surface area (Å²) >= 11 is 0. The van der Waals surface area contributed by atoms with Crippen LogP contribution in [0.5, 0.6) is 0 Å². The summed E-state index contributed by atoms with van der Waals surface area (Å²) in [6.07, 6.45) is 1.25. The quantitative estimate of drug-likeness (QED) is 0.687. The Hall–Kier alpha value is -1.22. The van der Waals surface area contributed by atoms with E-state index >= 15 is 0 Å². The van der Waals surface area contributed by atoms with Gasteiger partial charge in [0.2, 0.25) is 5.78 Å². The average molecular weight is 210 g/mol. The second kappa shape index (κ2) is 2.89. The highest BCUT2D eigenvalue weighted by Crippen LogP contribution is 2.50. The number of hydrogen-bond donors (Lipinski definition) is 2. The van der Waals surface area contributed by atoms with Gasteiger partial charge in [-0.15, -0.1) is 0 Å². The maximum absolute atomic E-state index is 11.5. The van der Waals surface area contributed by atoms with E-state index in [1.54, 1.807) is 24.3 Å². The molecule has 14 heavy (non-hydrogen) atoms. The minimum atomic E-state index is -4.44. The first-order valence-electron chi connectivity index (χ1n) is 3.92. The molecule has 1 aliphatic carbocycles. The highest BCUT2D eigenvalue weighted by atomic mass is 31.2. The molecule has 0 amide bonds. The normalized spacial score (nSPS) is 15.3. The van der Waals surface area contributed by atoms with Gasteiger partial charge in [-0.25, -0.2) is 0 Å². The molecule has 0 aromatic heterocycles. The number of carbonyl (C=O) groups is 1. The predicted octanol–water partition coefficient (Wildman–Crippen LogP) is 1.40. The second-order valence-electron chi connectivity index (χ2n) is 2.99. The highest BCUT2D eigenvalue weighted by molar-refractivity contribution is 7.58. The molecule has 0 aliphatic heterocycles. The van der Waals surface area contributed by atoms with Gasteiger partial charge in [0, 0.05) is 5.56 Å². The molecule has 0 heterocycles. The Morgan fingerprint density at radius 2 is 1.79 bits per heavy atom. The van der Waals surface area contributed by atoms with E-state index in [9.17, 15) is 9.36 Å². The van der Waals surface area contributed by atoms with Gasteiger partial charge in [-0.1, -0.05) is 24.3 Å². The third-order valence-corrected chi connectivity index (χ3v) is 3.00. The van der Waals surface area contributed by atoms with Crippen molar-refractivity contribution in [3.05, 3.63) is 40.7 Å². The summed E-state index contributed by atoms with van der Waals surface area (Å²) in [6.45, 7) is 0. The fourth-order valence-corrected chi connectivity index (χ4v) is 2.09. The second-order valence-corrected chi connectivity index (χ2v) is 4.56. The molecule has 0 saturated carbocycles. The van der Waals surface area contributed by atoms with Gasteiger partial charge in [-0.3, -0.25) is 9.36 Å². The van der Waals surface area contributed by atoms with Crippen LogP contribution in [0.2, 0.25) is 0 Å². The van der Waals surface area contributed by atoms with Crippen LogP contribution in [0, 0.1) is 0 Å². The Morgan fingerprint density at radius 3 is 2.36 bits per heavy atom. The van der Waals surface area contributed by atoms with Crippen LogP contribution in [-0.4, -0.2) is 15.6 Å². The minimum absolute atomic E-state index is 0.353. The third kappa shape index (κ3) is 1.34. The Morgan fingerprint density at radius 1 is 1.14 bits per heavy atom. The van der Waals surface area contributed by atoms with Gasteiger partial charge < -0.3 is 9.79 Å². The number of Topliss-reactive ketones (excluding diaryl/α,β-unsaturated/α-hetero) is 1. The number of allylic oxidation sites excluding steroid dienone is 1. The van der Waals surface area contributed by atoms with Crippen LogP contribution in [0.3, 0.4) is 0 Å². The van der Waals surface area contributed by atoms with Crippen molar-refractivity contribution in [3.8, 4) is 0 Å². The van der Waals surface area contributed by atoms with Crippen molar-refractivity contribution in [2.75, 3.05) is 0 Å². The lowest BCUT2D eigenvalue weighted by molar-refractivity contribution is 0.104. The zero-order valence-electron chi connectivity index (χ0n) is 7.04. The van der Waals surface area contributed by atoms with Crippen molar-refractivity contribution in [2.45, 2.75) is 0 Å². The number of ketones is 1. The molecule has 2 rings (SSSR count). The molecule has 0 atom stereocenters. The zero-order chi connectivity index (χ0) is 10.3. The number of rotatable bonds is 1. The van der Waals surface area contributed by atoms with Crippen LogP contribution in [0.15, 0.2) is 29.6 Å². The summed E-state index contributed by atoms with van der Waals surface area (Å²) in [5.74, 6) is -0.575. The van der Waals surface area contributed by atoms with Gasteiger partial charge in [0.05, 0.1) is 0 Å². The molecule has 0 saturated heterocycles. The standard InChI is InChI=1S/C9H7O4P/c10-9-7-4-2-1-3-6(7)5-8(9)14(11,12)13/h1-5H,(H2,11,12,13). The molecule has 5 heteroatoms. The number of carbonyl (C=O) groups excluding carboxylic acids is 1. The van der Waals surface area contributed by atoms with Gasteiger partial charge in [0.15, 0.2) is 0 Å². The largest absolute Gasteiger partial charge is 0.360 e. The van der Waals surface area contributed by atoms with Crippen molar-refractivity contribution >= 4 is 19.5 Å². The van der Waals surface area contributed by atoms with E-state index in [4.69, 9.17) is 9.79 Å². The van der Waals surface area contributed by atoms with Crippen molar-refractivity contribution < 1.29 is 19.1 Å². The first kappa shape index (κ1) is 9.34. The van der Waals surface area contributed by atoms with Crippen LogP contribution in [-0.2, 0) is 4.57 Å². The van der Waals surface area contributed by atoms with Crippen molar-refractivity contribution in [1.82, 2.24) is 0 Å². The van der Waals surface area contributed by atoms with E-state index in [1.165, 1.54) is 6.08 Å². The Bertz CT molecular complexity index is 483. The summed E-state index contributed by atoms with van der Waals surface area (Å²) in [5, 5.41) is -0.418. The SMILES string of the molecule is O=C1C(P(=O)(O)O)=Cc2ccccc21. The van der Waals surface area contributed by atoms with E-state index in [0.29, 0.717) is 11.1 Å². The van der Waals surface area contributed by atoms with Gasteiger partial charge in [-0.05, 0) is 11.6 Å². The first-order chi connectivity index (χ1) is 6.50. The molecule has 1 aromatic rings.